The Balaban J connectivity index is 3.82. The van der Waals surface area contributed by atoms with Gasteiger partial charge in [-0.25, -0.2) is 0 Å². The van der Waals surface area contributed by atoms with Gasteiger partial charge in [-0.15, -0.1) is 0 Å². The smallest absolute Gasteiger partial charge is 0.156 e. The average Bonchev–Trinajstić information content (AvgIpc) is 1.65. The van der Waals surface area contributed by atoms with E-state index in [0.29, 0.717) is 0 Å². The summed E-state index contributed by atoms with van der Waals surface area (Å²) >= 11 is 3.03. The summed E-state index contributed by atoms with van der Waals surface area (Å²) in [4.78, 5) is 11.9. The third kappa shape index (κ3) is 2.57. The van der Waals surface area contributed by atoms with Gasteiger partial charge in [-0.1, -0.05) is 15.9 Å². The Kier molecular flexibility index (Phi) is 2.92. The highest BCUT2D eigenvalue weighted by Gasteiger charge is 1.90. The highest BCUT2D eigenvalue weighted by atomic mass is 79.9. The van der Waals surface area contributed by atoms with E-state index in [0.717, 1.165) is 5.57 Å². The second-order valence-electron chi connectivity index (χ2n) is 1.35. The Morgan fingerprint density at radius 3 is 2.00 bits per heavy atom. The molecule has 0 aromatic carbocycles. The van der Waals surface area contributed by atoms with Crippen molar-refractivity contribution >= 4 is 21.7 Å². The number of rotatable bonds is 1. The van der Waals surface area contributed by atoms with Crippen LogP contribution in [0.3, 0.4) is 0 Å². The van der Waals surface area contributed by atoms with Crippen LogP contribution >= 0.6 is 15.9 Å². The summed E-state index contributed by atoms with van der Waals surface area (Å²) in [6.07, 6.45) is 0. The molecule has 0 aromatic rings. The third-order valence-electron chi connectivity index (χ3n) is 0.719. The Morgan fingerprint density at radius 2 is 2.00 bits per heavy atom. The van der Waals surface area contributed by atoms with Crippen LogP contribution in [-0.4, -0.2) is 5.78 Å². The van der Waals surface area contributed by atoms with Crippen molar-refractivity contribution in [1.29, 1.82) is 0 Å². The van der Waals surface area contributed by atoms with E-state index in [-0.39, 0.29) is 5.78 Å². The van der Waals surface area contributed by atoms with Gasteiger partial charge in [0.05, 0.1) is 0 Å². The number of halogens is 1. The van der Waals surface area contributed by atoms with Crippen molar-refractivity contribution in [1.82, 2.24) is 0 Å². The molecule has 0 N–H and O–H groups in total. The van der Waals surface area contributed by atoms with Crippen molar-refractivity contribution in [2.75, 3.05) is 0 Å². The lowest BCUT2D eigenvalue weighted by Gasteiger charge is -1.84. The molecule has 0 aliphatic carbocycles. The molecular formula is C5H7BrO. The molecule has 0 aromatic heterocycles. The maximum Gasteiger partial charge on any atom is 0.156 e. The minimum atomic E-state index is 0.108. The van der Waals surface area contributed by atoms with Crippen LogP contribution in [0.5, 0.6) is 0 Å². The van der Waals surface area contributed by atoms with E-state index in [9.17, 15) is 4.79 Å². The van der Waals surface area contributed by atoms with E-state index >= 15 is 0 Å². The van der Waals surface area contributed by atoms with E-state index in [1.165, 1.54) is 6.92 Å². The van der Waals surface area contributed by atoms with Crippen molar-refractivity contribution in [2.24, 2.45) is 0 Å². The molecule has 0 fully saturated rings. The largest absolute Gasteiger partial charge is 0.295 e. The molecule has 0 aliphatic rings. The summed E-state index contributed by atoms with van der Waals surface area (Å²) in [7, 11) is 0. The van der Waals surface area contributed by atoms with Crippen molar-refractivity contribution in [2.45, 2.75) is 13.8 Å². The van der Waals surface area contributed by atoms with Crippen molar-refractivity contribution in [3.63, 3.8) is 0 Å². The van der Waals surface area contributed by atoms with Crippen LogP contribution in [0.25, 0.3) is 0 Å². The third-order valence-corrected chi connectivity index (χ3v) is 1.41. The first kappa shape index (κ1) is 6.89. The van der Waals surface area contributed by atoms with Crippen LogP contribution in [-0.2, 0) is 4.79 Å². The van der Waals surface area contributed by atoms with Gasteiger partial charge in [-0.05, 0) is 24.4 Å². The minimum absolute atomic E-state index is 0.108. The van der Waals surface area contributed by atoms with Gasteiger partial charge < -0.3 is 0 Å². The first-order chi connectivity index (χ1) is 3.18. The molecule has 0 spiro atoms. The lowest BCUT2D eigenvalue weighted by atomic mass is 10.3. The second kappa shape index (κ2) is 2.97. The molecule has 0 unspecified atom stereocenters. The zero-order valence-electron chi connectivity index (χ0n) is 4.36. The fourth-order valence-corrected chi connectivity index (χ4v) is 0.399. The molecule has 7 heavy (non-hydrogen) atoms. The van der Waals surface area contributed by atoms with E-state index in [1.807, 2.05) is 0 Å². The van der Waals surface area contributed by atoms with Crippen LogP contribution in [0, 0.1) is 0 Å². The molecule has 1 nitrogen and oxygen atoms in total. The van der Waals surface area contributed by atoms with Gasteiger partial charge in [-0.2, -0.15) is 0 Å². The standard InChI is InChI=1S/C5H7BrO/c1-4(3-6)5(2)7/h3H,1-2H3/b4-3-. The molecule has 0 saturated heterocycles. The Hall–Kier alpha value is -0.110. The molecule has 0 atom stereocenters. The minimum Gasteiger partial charge on any atom is -0.295 e. The van der Waals surface area contributed by atoms with Gasteiger partial charge in [-0.3, -0.25) is 4.79 Å². The van der Waals surface area contributed by atoms with Gasteiger partial charge >= 0.3 is 0 Å². The molecule has 0 heterocycles. The molecule has 0 radical (unpaired) electrons. The molecule has 0 bridgehead atoms. The first-order valence-corrected chi connectivity index (χ1v) is 2.88. The lowest BCUT2D eigenvalue weighted by molar-refractivity contribution is -0.113. The monoisotopic (exact) mass is 162 g/mol. The maximum atomic E-state index is 10.3. The maximum absolute atomic E-state index is 10.3. The second-order valence-corrected chi connectivity index (χ2v) is 1.81. The first-order valence-electron chi connectivity index (χ1n) is 1.96. The Bertz CT molecular complexity index is 105. The number of hydrogen-bond acceptors (Lipinski definition) is 1. The highest BCUT2D eigenvalue weighted by molar-refractivity contribution is 9.11. The van der Waals surface area contributed by atoms with Crippen molar-refractivity contribution in [3.05, 3.63) is 10.6 Å². The van der Waals surface area contributed by atoms with Gasteiger partial charge in [0, 0.05) is 0 Å². The van der Waals surface area contributed by atoms with Gasteiger partial charge in [0.1, 0.15) is 0 Å². The fraction of sp³-hybridized carbons (Fsp3) is 0.400. The number of ketones is 1. The van der Waals surface area contributed by atoms with E-state index in [4.69, 9.17) is 0 Å². The van der Waals surface area contributed by atoms with Crippen molar-refractivity contribution in [3.8, 4) is 0 Å². The molecule has 40 valence electrons. The van der Waals surface area contributed by atoms with Gasteiger partial charge in [0.15, 0.2) is 5.78 Å². The van der Waals surface area contributed by atoms with Gasteiger partial charge in [0.25, 0.3) is 0 Å². The summed E-state index contributed by atoms with van der Waals surface area (Å²) in [6.45, 7) is 3.30. The number of carbonyl (C=O) groups excluding carboxylic acids is 1. The molecule has 0 rings (SSSR count). The summed E-state index contributed by atoms with van der Waals surface area (Å²) in [5, 5.41) is 0. The van der Waals surface area contributed by atoms with Crippen LogP contribution < -0.4 is 0 Å². The quantitative estimate of drug-likeness (QED) is 0.539. The molecule has 2 heteroatoms. The Labute approximate surface area is 51.5 Å². The number of Topliss-reactive ketones (excluding diaryl/α,β-unsaturated/α-hetero) is 1. The Morgan fingerprint density at radius 1 is 1.57 bits per heavy atom. The topological polar surface area (TPSA) is 17.1 Å². The zero-order chi connectivity index (χ0) is 5.86. The van der Waals surface area contributed by atoms with Crippen LogP contribution in [0.4, 0.5) is 0 Å². The number of allylic oxidation sites excluding steroid dienone is 1. The zero-order valence-corrected chi connectivity index (χ0v) is 5.95. The number of hydrogen-bond donors (Lipinski definition) is 0. The normalized spacial score (nSPS) is 11.6. The molecule has 0 saturated carbocycles. The van der Waals surface area contributed by atoms with E-state index in [1.54, 1.807) is 11.9 Å². The summed E-state index contributed by atoms with van der Waals surface area (Å²) in [5.41, 5.74) is 0.750. The highest BCUT2D eigenvalue weighted by Crippen LogP contribution is 1.96. The summed E-state index contributed by atoms with van der Waals surface area (Å²) in [5.74, 6) is 0.108. The summed E-state index contributed by atoms with van der Waals surface area (Å²) < 4.78 is 0. The van der Waals surface area contributed by atoms with E-state index in [2.05, 4.69) is 15.9 Å². The van der Waals surface area contributed by atoms with Crippen LogP contribution in [0.2, 0.25) is 0 Å². The predicted molar refractivity (Wildman–Crippen MR) is 33.4 cm³/mol. The average molecular weight is 163 g/mol. The fourth-order valence-electron chi connectivity index (χ4n) is 0.0768. The molecule has 0 aliphatic heterocycles. The van der Waals surface area contributed by atoms with E-state index < -0.39 is 0 Å². The van der Waals surface area contributed by atoms with Gasteiger partial charge in [0.2, 0.25) is 0 Å². The van der Waals surface area contributed by atoms with Crippen LogP contribution in [0.1, 0.15) is 13.8 Å². The summed E-state index contributed by atoms with van der Waals surface area (Å²) in [6, 6.07) is 0. The molecule has 0 amide bonds. The number of carbonyl (C=O) groups is 1. The van der Waals surface area contributed by atoms with Crippen molar-refractivity contribution < 1.29 is 4.79 Å². The lowest BCUT2D eigenvalue weighted by Crippen LogP contribution is -1.87. The van der Waals surface area contributed by atoms with Crippen LogP contribution in [0.15, 0.2) is 10.6 Å². The SMILES string of the molecule is CC(=O)/C(C)=C\Br. The molecular weight excluding hydrogens is 156 g/mol. The predicted octanol–water partition coefficient (Wildman–Crippen LogP) is 1.87.